The molecule has 0 N–H and O–H groups in total. The van der Waals surface area contributed by atoms with Crippen molar-refractivity contribution in [1.82, 2.24) is 19.7 Å². The summed E-state index contributed by atoms with van der Waals surface area (Å²) >= 11 is 0. The van der Waals surface area contributed by atoms with Gasteiger partial charge in [-0.3, -0.25) is 9.97 Å². The summed E-state index contributed by atoms with van der Waals surface area (Å²) in [6, 6.07) is 9.17. The predicted molar refractivity (Wildman–Crippen MR) is 111 cm³/mol. The molecule has 3 heterocycles. The van der Waals surface area contributed by atoms with Crippen molar-refractivity contribution in [1.29, 1.82) is 0 Å². The van der Waals surface area contributed by atoms with Crippen molar-refractivity contribution in [2.45, 2.75) is 26.6 Å². The van der Waals surface area contributed by atoms with Crippen LogP contribution >= 0.6 is 0 Å². The SMILES string of the molecule is CCOC(=O)c1cc(-c2ccc(C#C[Si](C)(C)C)cn2)n(-c2cccnc2)n1. The van der Waals surface area contributed by atoms with Crippen molar-refractivity contribution in [3.63, 3.8) is 0 Å². The normalized spacial score (nSPS) is 10.9. The maximum Gasteiger partial charge on any atom is 0.358 e. The van der Waals surface area contributed by atoms with E-state index in [1.807, 2.05) is 24.3 Å². The van der Waals surface area contributed by atoms with Crippen molar-refractivity contribution < 1.29 is 9.53 Å². The lowest BCUT2D eigenvalue weighted by atomic mass is 10.2. The number of hydrogen-bond donors (Lipinski definition) is 0. The van der Waals surface area contributed by atoms with Gasteiger partial charge >= 0.3 is 5.97 Å². The van der Waals surface area contributed by atoms with Gasteiger partial charge in [0.25, 0.3) is 0 Å². The minimum Gasteiger partial charge on any atom is -0.461 e. The van der Waals surface area contributed by atoms with Gasteiger partial charge in [0.1, 0.15) is 8.07 Å². The Hall–Kier alpha value is -3.24. The molecule has 0 fully saturated rings. The fourth-order valence-corrected chi connectivity index (χ4v) is 2.94. The number of carbonyl (C=O) groups is 1. The van der Waals surface area contributed by atoms with E-state index in [2.05, 4.69) is 46.2 Å². The highest BCUT2D eigenvalue weighted by Gasteiger charge is 2.18. The van der Waals surface area contributed by atoms with Crippen LogP contribution in [-0.4, -0.2) is 40.4 Å². The number of pyridine rings is 2. The number of carbonyl (C=O) groups excluding carboxylic acids is 1. The minimum absolute atomic E-state index is 0.227. The van der Waals surface area contributed by atoms with E-state index in [4.69, 9.17) is 4.74 Å². The first-order valence-corrected chi connectivity index (χ1v) is 12.5. The fraction of sp³-hybridized carbons (Fsp3) is 0.238. The first-order chi connectivity index (χ1) is 13.4. The van der Waals surface area contributed by atoms with Gasteiger partial charge in [-0.2, -0.15) is 5.10 Å². The van der Waals surface area contributed by atoms with Gasteiger partial charge in [-0.05, 0) is 31.2 Å². The van der Waals surface area contributed by atoms with E-state index in [1.165, 1.54) is 0 Å². The van der Waals surface area contributed by atoms with Crippen LogP contribution < -0.4 is 0 Å². The third kappa shape index (κ3) is 4.72. The lowest BCUT2D eigenvalue weighted by Gasteiger charge is -2.06. The molecule has 0 unspecified atom stereocenters. The number of aromatic nitrogens is 4. The van der Waals surface area contributed by atoms with Gasteiger partial charge < -0.3 is 4.74 Å². The highest BCUT2D eigenvalue weighted by molar-refractivity contribution is 6.83. The number of esters is 1. The molecular formula is C21H22N4O2Si. The molecule has 3 aromatic heterocycles. The Kier molecular flexibility index (Phi) is 5.71. The highest BCUT2D eigenvalue weighted by atomic mass is 28.3. The molecule has 0 aliphatic heterocycles. The topological polar surface area (TPSA) is 69.9 Å². The van der Waals surface area contributed by atoms with E-state index in [1.54, 1.807) is 36.3 Å². The van der Waals surface area contributed by atoms with Crippen LogP contribution in [0, 0.1) is 11.5 Å². The molecule has 142 valence electrons. The van der Waals surface area contributed by atoms with E-state index in [0.717, 1.165) is 11.3 Å². The largest absolute Gasteiger partial charge is 0.461 e. The lowest BCUT2D eigenvalue weighted by molar-refractivity contribution is 0.0519. The van der Waals surface area contributed by atoms with Crippen molar-refractivity contribution in [3.8, 4) is 28.5 Å². The van der Waals surface area contributed by atoms with E-state index >= 15 is 0 Å². The molecule has 0 aliphatic carbocycles. The average Bonchev–Trinajstić information content (AvgIpc) is 3.13. The highest BCUT2D eigenvalue weighted by Crippen LogP contribution is 2.23. The molecule has 3 aromatic rings. The Morgan fingerprint density at radius 1 is 1.21 bits per heavy atom. The second kappa shape index (κ2) is 8.19. The standard InChI is InChI=1S/C21H22N4O2Si/c1-5-27-21(26)19-13-20(25(24-19)17-7-6-11-22-15-17)18-9-8-16(14-23-18)10-12-28(2,3)4/h6-9,11,13-15H,5H2,1-4H3. The predicted octanol–water partition coefficient (Wildman–Crippen LogP) is 3.73. The summed E-state index contributed by atoms with van der Waals surface area (Å²) in [5.74, 6) is 2.72. The van der Waals surface area contributed by atoms with Crippen LogP contribution in [0.3, 0.4) is 0 Å². The monoisotopic (exact) mass is 390 g/mol. The van der Waals surface area contributed by atoms with Gasteiger partial charge in [-0.25, -0.2) is 9.48 Å². The molecule has 7 heteroatoms. The molecule has 28 heavy (non-hydrogen) atoms. The Balaban J connectivity index is 2.02. The minimum atomic E-state index is -1.45. The molecule has 0 aromatic carbocycles. The zero-order chi connectivity index (χ0) is 20.1. The summed E-state index contributed by atoms with van der Waals surface area (Å²) in [4.78, 5) is 20.8. The zero-order valence-electron chi connectivity index (χ0n) is 16.4. The van der Waals surface area contributed by atoms with Crippen molar-refractivity contribution in [2.24, 2.45) is 0 Å². The molecule has 3 rings (SSSR count). The van der Waals surface area contributed by atoms with Crippen molar-refractivity contribution in [2.75, 3.05) is 6.61 Å². The van der Waals surface area contributed by atoms with Crippen LogP contribution in [-0.2, 0) is 4.74 Å². The molecule has 6 nitrogen and oxygen atoms in total. The Bertz CT molecular complexity index is 1030. The van der Waals surface area contributed by atoms with E-state index in [9.17, 15) is 4.79 Å². The second-order valence-corrected chi connectivity index (χ2v) is 11.9. The molecule has 0 atom stereocenters. The zero-order valence-corrected chi connectivity index (χ0v) is 17.4. The summed E-state index contributed by atoms with van der Waals surface area (Å²) in [7, 11) is -1.45. The first-order valence-electron chi connectivity index (χ1n) is 9.04. The van der Waals surface area contributed by atoms with Crippen LogP contribution in [0.4, 0.5) is 0 Å². The van der Waals surface area contributed by atoms with Crippen LogP contribution in [0.5, 0.6) is 0 Å². The summed E-state index contributed by atoms with van der Waals surface area (Å²) in [5.41, 5.74) is 6.52. The molecular weight excluding hydrogens is 368 g/mol. The summed E-state index contributed by atoms with van der Waals surface area (Å²) in [6.45, 7) is 8.65. The van der Waals surface area contributed by atoms with Gasteiger partial charge in [0.2, 0.25) is 0 Å². The second-order valence-electron chi connectivity index (χ2n) is 7.19. The Morgan fingerprint density at radius 3 is 2.64 bits per heavy atom. The summed E-state index contributed by atoms with van der Waals surface area (Å²) < 4.78 is 6.73. The number of rotatable bonds is 4. The smallest absolute Gasteiger partial charge is 0.358 e. The summed E-state index contributed by atoms with van der Waals surface area (Å²) in [5, 5.41) is 4.41. The molecule has 0 radical (unpaired) electrons. The first kappa shape index (κ1) is 19.5. The van der Waals surface area contributed by atoms with Crippen LogP contribution in [0.25, 0.3) is 17.1 Å². The van der Waals surface area contributed by atoms with Crippen LogP contribution in [0.15, 0.2) is 48.9 Å². The van der Waals surface area contributed by atoms with E-state index in [0.29, 0.717) is 11.4 Å². The van der Waals surface area contributed by atoms with Gasteiger partial charge in [0.05, 0.1) is 29.9 Å². The number of hydrogen-bond acceptors (Lipinski definition) is 5. The van der Waals surface area contributed by atoms with Crippen molar-refractivity contribution in [3.05, 3.63) is 60.2 Å². The maximum atomic E-state index is 12.2. The quantitative estimate of drug-likeness (QED) is 0.386. The van der Waals surface area contributed by atoms with Crippen LogP contribution in [0.1, 0.15) is 23.0 Å². The number of nitrogens with zero attached hydrogens (tertiary/aromatic N) is 4. The van der Waals surface area contributed by atoms with Gasteiger partial charge in [-0.1, -0.05) is 25.6 Å². The number of ether oxygens (including phenoxy) is 1. The Morgan fingerprint density at radius 2 is 2.04 bits per heavy atom. The lowest BCUT2D eigenvalue weighted by Crippen LogP contribution is -2.16. The average molecular weight is 391 g/mol. The van der Waals surface area contributed by atoms with Gasteiger partial charge in [0, 0.05) is 24.0 Å². The van der Waals surface area contributed by atoms with E-state index in [-0.39, 0.29) is 12.3 Å². The van der Waals surface area contributed by atoms with Gasteiger partial charge in [0.15, 0.2) is 5.69 Å². The van der Waals surface area contributed by atoms with Gasteiger partial charge in [-0.15, -0.1) is 5.54 Å². The third-order valence-corrected chi connectivity index (χ3v) is 4.57. The fourth-order valence-electron chi connectivity index (χ4n) is 2.42. The molecule has 0 saturated carbocycles. The maximum absolute atomic E-state index is 12.2. The molecule has 0 aliphatic rings. The molecule has 0 bridgehead atoms. The van der Waals surface area contributed by atoms with E-state index < -0.39 is 14.0 Å². The third-order valence-electron chi connectivity index (χ3n) is 3.69. The van der Waals surface area contributed by atoms with Crippen LogP contribution in [0.2, 0.25) is 19.6 Å². The molecule has 0 saturated heterocycles. The van der Waals surface area contributed by atoms with Crippen molar-refractivity contribution >= 4 is 14.0 Å². The summed E-state index contributed by atoms with van der Waals surface area (Å²) in [6.07, 6.45) is 5.11. The molecule has 0 amide bonds. The molecule has 0 spiro atoms. The Labute approximate surface area is 165 Å².